The van der Waals surface area contributed by atoms with Crippen LogP contribution in [0.1, 0.15) is 0 Å². The average molecular weight is 140 g/mol. The molecule has 54 valence electrons. The van der Waals surface area contributed by atoms with Gasteiger partial charge in [-0.2, -0.15) is 0 Å². The fourth-order valence-electron chi connectivity index (χ4n) is 0.673. The molecule has 0 aliphatic carbocycles. The van der Waals surface area contributed by atoms with E-state index < -0.39 is 6.09 Å². The number of hydrogen-bond donors (Lipinski definition) is 2. The van der Waals surface area contributed by atoms with Crippen LogP contribution in [0.5, 0.6) is 0 Å². The Morgan fingerprint density at radius 3 is 2.90 bits per heavy atom. The molecule has 0 bridgehead atoms. The lowest BCUT2D eigenvalue weighted by atomic mass is 10.4. The smallest absolute Gasteiger partial charge is 0.423 e. The monoisotopic (exact) mass is 140 g/mol. The summed E-state index contributed by atoms with van der Waals surface area (Å²) in [5.74, 6) is 0. The zero-order valence-corrected chi connectivity index (χ0v) is 5.32. The number of nitrogens with one attached hydrogen (secondary N) is 1. The second-order valence-electron chi connectivity index (χ2n) is 1.84. The number of rotatable bonds is 1. The summed E-state index contributed by atoms with van der Waals surface area (Å²) in [5, 5.41) is 9.73. The van der Waals surface area contributed by atoms with Crippen molar-refractivity contribution < 1.29 is 9.90 Å². The Morgan fingerprint density at radius 2 is 2.40 bits per heavy atom. The van der Waals surface area contributed by atoms with E-state index in [2.05, 4.69) is 5.43 Å². The molecule has 0 spiro atoms. The van der Waals surface area contributed by atoms with E-state index in [-0.39, 0.29) is 0 Å². The molecule has 0 saturated heterocycles. The van der Waals surface area contributed by atoms with Gasteiger partial charge < -0.3 is 5.11 Å². The fourth-order valence-corrected chi connectivity index (χ4v) is 0.673. The van der Waals surface area contributed by atoms with Gasteiger partial charge in [0.2, 0.25) is 0 Å². The number of carboxylic acid groups (broad SMARTS) is 1. The Bertz CT molecular complexity index is 186. The zero-order chi connectivity index (χ0) is 7.40. The first-order valence-electron chi connectivity index (χ1n) is 2.88. The molecule has 0 aromatic heterocycles. The maximum absolute atomic E-state index is 10.1. The van der Waals surface area contributed by atoms with Gasteiger partial charge in [-0.25, -0.2) is 10.2 Å². The minimum atomic E-state index is -1.04. The van der Waals surface area contributed by atoms with Crippen molar-refractivity contribution in [3.8, 4) is 0 Å². The molecule has 1 aliphatic rings. The standard InChI is InChI=1S/C6H8N2O2/c9-6(10)7-8-4-2-1-3-5-8/h1-4,7H,5H2,(H,9,10). The number of allylic oxidation sites excluding steroid dienone is 2. The summed E-state index contributed by atoms with van der Waals surface area (Å²) in [6, 6.07) is 0. The molecule has 0 aromatic carbocycles. The minimum absolute atomic E-state index is 0.586. The molecule has 10 heavy (non-hydrogen) atoms. The van der Waals surface area contributed by atoms with Gasteiger partial charge >= 0.3 is 6.09 Å². The van der Waals surface area contributed by atoms with Gasteiger partial charge in [0.1, 0.15) is 0 Å². The topological polar surface area (TPSA) is 52.6 Å². The molecule has 0 radical (unpaired) electrons. The largest absolute Gasteiger partial charge is 0.464 e. The van der Waals surface area contributed by atoms with Crippen LogP contribution < -0.4 is 5.43 Å². The van der Waals surface area contributed by atoms with E-state index in [0.29, 0.717) is 6.54 Å². The predicted molar refractivity (Wildman–Crippen MR) is 36.1 cm³/mol. The molecular weight excluding hydrogens is 132 g/mol. The van der Waals surface area contributed by atoms with Crippen molar-refractivity contribution in [2.45, 2.75) is 0 Å². The summed E-state index contributed by atoms with van der Waals surface area (Å²) in [6.45, 7) is 0.586. The number of nitrogens with zero attached hydrogens (tertiary/aromatic N) is 1. The molecule has 4 heteroatoms. The van der Waals surface area contributed by atoms with E-state index in [9.17, 15) is 4.79 Å². The van der Waals surface area contributed by atoms with E-state index in [1.807, 2.05) is 12.2 Å². The molecule has 1 amide bonds. The molecule has 4 nitrogen and oxygen atoms in total. The zero-order valence-electron chi connectivity index (χ0n) is 5.32. The summed E-state index contributed by atoms with van der Waals surface area (Å²) in [4.78, 5) is 10.1. The van der Waals surface area contributed by atoms with Crippen molar-refractivity contribution in [2.24, 2.45) is 0 Å². The Kier molecular flexibility index (Phi) is 1.94. The lowest BCUT2D eigenvalue weighted by molar-refractivity contribution is 0.166. The Morgan fingerprint density at radius 1 is 1.60 bits per heavy atom. The fraction of sp³-hybridized carbons (Fsp3) is 0.167. The highest BCUT2D eigenvalue weighted by Crippen LogP contribution is 1.92. The van der Waals surface area contributed by atoms with Crippen molar-refractivity contribution in [3.05, 3.63) is 24.4 Å². The highest BCUT2D eigenvalue weighted by Gasteiger charge is 2.00. The quantitative estimate of drug-likeness (QED) is 0.559. The Labute approximate surface area is 58.4 Å². The van der Waals surface area contributed by atoms with Gasteiger partial charge in [0.05, 0.1) is 6.54 Å². The molecule has 0 aromatic rings. The highest BCUT2D eigenvalue weighted by atomic mass is 16.4. The van der Waals surface area contributed by atoms with Crippen LogP contribution >= 0.6 is 0 Å². The summed E-state index contributed by atoms with van der Waals surface area (Å²) < 4.78 is 0. The number of hydrazine groups is 1. The van der Waals surface area contributed by atoms with Crippen molar-refractivity contribution in [1.82, 2.24) is 10.4 Å². The number of amides is 1. The van der Waals surface area contributed by atoms with Crippen LogP contribution in [-0.4, -0.2) is 22.8 Å². The van der Waals surface area contributed by atoms with E-state index in [4.69, 9.17) is 5.11 Å². The van der Waals surface area contributed by atoms with Crippen LogP contribution in [0.2, 0.25) is 0 Å². The summed E-state index contributed by atoms with van der Waals surface area (Å²) in [7, 11) is 0. The van der Waals surface area contributed by atoms with Crippen LogP contribution in [0.15, 0.2) is 24.4 Å². The van der Waals surface area contributed by atoms with Crippen LogP contribution in [0.25, 0.3) is 0 Å². The van der Waals surface area contributed by atoms with Gasteiger partial charge in [0.15, 0.2) is 0 Å². The maximum atomic E-state index is 10.1. The van der Waals surface area contributed by atoms with Gasteiger partial charge in [-0.15, -0.1) is 0 Å². The SMILES string of the molecule is O=C(O)NN1C=CC=CC1. The Balaban J connectivity index is 2.37. The minimum Gasteiger partial charge on any atom is -0.464 e. The first-order valence-corrected chi connectivity index (χ1v) is 2.88. The summed E-state index contributed by atoms with van der Waals surface area (Å²) in [5.41, 5.74) is 2.19. The van der Waals surface area contributed by atoms with E-state index in [1.165, 1.54) is 5.01 Å². The van der Waals surface area contributed by atoms with E-state index in [1.54, 1.807) is 12.3 Å². The number of hydrogen-bond acceptors (Lipinski definition) is 2. The second-order valence-corrected chi connectivity index (χ2v) is 1.84. The first-order chi connectivity index (χ1) is 4.79. The van der Waals surface area contributed by atoms with Crippen LogP contribution in [0, 0.1) is 0 Å². The second kappa shape index (κ2) is 2.91. The predicted octanol–water partition coefficient (Wildman–Crippen LogP) is 0.554. The molecule has 1 aliphatic heterocycles. The summed E-state index contributed by atoms with van der Waals surface area (Å²) in [6.07, 6.45) is 6.10. The van der Waals surface area contributed by atoms with Crippen LogP contribution in [0.3, 0.4) is 0 Å². The molecule has 0 fully saturated rings. The molecule has 1 rings (SSSR count). The average Bonchev–Trinajstić information content (AvgIpc) is 1.88. The molecule has 0 unspecified atom stereocenters. The van der Waals surface area contributed by atoms with Crippen molar-refractivity contribution >= 4 is 6.09 Å². The lowest BCUT2D eigenvalue weighted by Crippen LogP contribution is -2.38. The van der Waals surface area contributed by atoms with E-state index >= 15 is 0 Å². The van der Waals surface area contributed by atoms with Gasteiger partial charge in [0, 0.05) is 6.20 Å². The normalized spacial score (nSPS) is 15.4. The lowest BCUT2D eigenvalue weighted by Gasteiger charge is -2.18. The summed E-state index contributed by atoms with van der Waals surface area (Å²) >= 11 is 0. The van der Waals surface area contributed by atoms with Crippen molar-refractivity contribution in [1.29, 1.82) is 0 Å². The van der Waals surface area contributed by atoms with Gasteiger partial charge in [-0.05, 0) is 6.08 Å². The number of carbonyl (C=O) groups is 1. The first kappa shape index (κ1) is 6.67. The maximum Gasteiger partial charge on any atom is 0.423 e. The van der Waals surface area contributed by atoms with Gasteiger partial charge in [-0.1, -0.05) is 12.2 Å². The Hall–Kier alpha value is -1.45. The third-order valence-corrected chi connectivity index (χ3v) is 1.05. The molecule has 0 atom stereocenters. The van der Waals surface area contributed by atoms with E-state index in [0.717, 1.165) is 0 Å². The van der Waals surface area contributed by atoms with Crippen molar-refractivity contribution in [3.63, 3.8) is 0 Å². The molecule has 2 N–H and O–H groups in total. The third-order valence-electron chi connectivity index (χ3n) is 1.05. The molecular formula is C6H8N2O2. The third kappa shape index (κ3) is 1.81. The van der Waals surface area contributed by atoms with Crippen molar-refractivity contribution in [2.75, 3.05) is 6.54 Å². The van der Waals surface area contributed by atoms with Crippen LogP contribution in [-0.2, 0) is 0 Å². The molecule has 0 saturated carbocycles. The molecule has 1 heterocycles. The van der Waals surface area contributed by atoms with Gasteiger partial charge in [-0.3, -0.25) is 5.01 Å². The highest BCUT2D eigenvalue weighted by molar-refractivity contribution is 5.63. The van der Waals surface area contributed by atoms with Gasteiger partial charge in [0.25, 0.3) is 0 Å². The van der Waals surface area contributed by atoms with Crippen LogP contribution in [0.4, 0.5) is 4.79 Å².